The van der Waals surface area contributed by atoms with Crippen LogP contribution >= 0.6 is 0 Å². The van der Waals surface area contributed by atoms with Crippen LogP contribution in [0.25, 0.3) is 0 Å². The van der Waals surface area contributed by atoms with E-state index in [1.807, 2.05) is 4.57 Å². The van der Waals surface area contributed by atoms with E-state index in [-0.39, 0.29) is 0 Å². The van der Waals surface area contributed by atoms with E-state index in [1.54, 1.807) is 12.5 Å². The van der Waals surface area contributed by atoms with Crippen LogP contribution in [-0.2, 0) is 11.3 Å². The summed E-state index contributed by atoms with van der Waals surface area (Å²) in [5.74, 6) is -0.813. The van der Waals surface area contributed by atoms with E-state index in [9.17, 15) is 9.90 Å². The lowest BCUT2D eigenvalue weighted by Gasteiger charge is -2.23. The monoisotopic (exact) mass is 279 g/mol. The van der Waals surface area contributed by atoms with Crippen LogP contribution in [0, 0.1) is 0 Å². The Labute approximate surface area is 120 Å². The van der Waals surface area contributed by atoms with Gasteiger partial charge in [0, 0.05) is 12.6 Å². The number of hydrogen-bond acceptors (Lipinski definition) is 3. The Hall–Kier alpha value is -1.36. The number of aromatic nitrogens is 2. The molecule has 1 aliphatic rings. The van der Waals surface area contributed by atoms with Crippen molar-refractivity contribution in [2.24, 2.45) is 0 Å². The zero-order valence-corrected chi connectivity index (χ0v) is 12.2. The van der Waals surface area contributed by atoms with E-state index < -0.39 is 12.0 Å². The molecular weight excluding hydrogens is 254 g/mol. The lowest BCUT2D eigenvalue weighted by molar-refractivity contribution is -0.140. The van der Waals surface area contributed by atoms with Crippen LogP contribution in [-0.4, -0.2) is 26.7 Å². The maximum absolute atomic E-state index is 11.6. The van der Waals surface area contributed by atoms with E-state index in [2.05, 4.69) is 17.2 Å². The minimum Gasteiger partial charge on any atom is -0.480 e. The molecule has 1 heterocycles. The third-order valence-corrected chi connectivity index (χ3v) is 4.01. The predicted molar refractivity (Wildman–Crippen MR) is 77.5 cm³/mol. The van der Waals surface area contributed by atoms with Crippen LogP contribution in [0.15, 0.2) is 12.5 Å². The van der Waals surface area contributed by atoms with Crippen LogP contribution in [0.1, 0.15) is 63.6 Å². The average molecular weight is 279 g/mol. The number of aliphatic carboxylic acids is 1. The third kappa shape index (κ3) is 3.82. The van der Waals surface area contributed by atoms with Crippen molar-refractivity contribution in [1.29, 1.82) is 0 Å². The zero-order valence-electron chi connectivity index (χ0n) is 12.2. The molecule has 112 valence electrons. The van der Waals surface area contributed by atoms with Gasteiger partial charge in [-0.05, 0) is 19.3 Å². The highest BCUT2D eigenvalue weighted by molar-refractivity contribution is 5.74. The second kappa shape index (κ2) is 7.43. The fraction of sp³-hybridized carbons (Fsp3) is 0.733. The summed E-state index contributed by atoms with van der Waals surface area (Å²) in [6, 6.07) is -0.337. The van der Waals surface area contributed by atoms with Gasteiger partial charge in [0.2, 0.25) is 0 Å². The van der Waals surface area contributed by atoms with Gasteiger partial charge in [0.25, 0.3) is 0 Å². The lowest BCUT2D eigenvalue weighted by atomic mass is 10.1. The third-order valence-electron chi connectivity index (χ3n) is 4.01. The average Bonchev–Trinajstić information content (AvgIpc) is 2.72. The first kappa shape index (κ1) is 15.0. The molecule has 1 aromatic rings. The molecule has 1 aromatic heterocycles. The Bertz CT molecular complexity index is 423. The number of aryl methyl sites for hydroxylation is 1. The van der Waals surface area contributed by atoms with Gasteiger partial charge in [-0.2, -0.15) is 0 Å². The molecule has 1 saturated carbocycles. The largest absolute Gasteiger partial charge is 0.480 e. The zero-order chi connectivity index (χ0) is 14.4. The highest BCUT2D eigenvalue weighted by Crippen LogP contribution is 2.21. The second-order valence-electron chi connectivity index (χ2n) is 5.64. The van der Waals surface area contributed by atoms with E-state index in [0.29, 0.717) is 6.04 Å². The summed E-state index contributed by atoms with van der Waals surface area (Å²) in [5.41, 5.74) is 0.767. The molecule has 1 atom stereocenters. The Morgan fingerprint density at radius 1 is 1.45 bits per heavy atom. The number of nitrogens with one attached hydrogen (secondary N) is 1. The first-order valence-electron chi connectivity index (χ1n) is 7.71. The van der Waals surface area contributed by atoms with Crippen LogP contribution in [0.4, 0.5) is 0 Å². The molecule has 0 amide bonds. The molecule has 2 rings (SSSR count). The van der Waals surface area contributed by atoms with E-state index in [1.165, 1.54) is 25.7 Å². The van der Waals surface area contributed by atoms with Gasteiger partial charge in [-0.1, -0.05) is 32.6 Å². The van der Waals surface area contributed by atoms with Gasteiger partial charge in [-0.25, -0.2) is 4.98 Å². The summed E-state index contributed by atoms with van der Waals surface area (Å²) in [6.07, 6.45) is 11.4. The molecule has 0 spiro atoms. The standard InChI is InChI=1S/C15H25N3O2/c1-2-9-18-11-16-10-13(18)14(15(19)20)17-12-7-5-3-4-6-8-12/h10-12,14,17H,2-9H2,1H3,(H,19,20). The summed E-state index contributed by atoms with van der Waals surface area (Å²) in [4.78, 5) is 15.7. The Morgan fingerprint density at radius 3 is 2.75 bits per heavy atom. The number of carboxylic acids is 1. The molecule has 2 N–H and O–H groups in total. The molecule has 0 bridgehead atoms. The van der Waals surface area contributed by atoms with Crippen molar-refractivity contribution in [1.82, 2.24) is 14.9 Å². The van der Waals surface area contributed by atoms with Crippen molar-refractivity contribution in [2.75, 3.05) is 0 Å². The fourth-order valence-corrected chi connectivity index (χ4v) is 2.96. The van der Waals surface area contributed by atoms with Crippen molar-refractivity contribution in [2.45, 2.75) is 70.5 Å². The van der Waals surface area contributed by atoms with Gasteiger partial charge in [-0.15, -0.1) is 0 Å². The highest BCUT2D eigenvalue weighted by Gasteiger charge is 2.26. The van der Waals surface area contributed by atoms with Crippen molar-refractivity contribution in [3.8, 4) is 0 Å². The Balaban J connectivity index is 2.09. The number of hydrogen-bond donors (Lipinski definition) is 2. The van der Waals surface area contributed by atoms with Gasteiger partial charge in [0.05, 0.1) is 18.2 Å². The fourth-order valence-electron chi connectivity index (χ4n) is 2.96. The molecule has 0 aromatic carbocycles. The topological polar surface area (TPSA) is 67.2 Å². The van der Waals surface area contributed by atoms with Crippen LogP contribution in [0.5, 0.6) is 0 Å². The molecule has 5 heteroatoms. The molecule has 0 saturated heterocycles. The molecule has 1 unspecified atom stereocenters. The second-order valence-corrected chi connectivity index (χ2v) is 5.64. The first-order chi connectivity index (χ1) is 9.72. The van der Waals surface area contributed by atoms with E-state index >= 15 is 0 Å². The SMILES string of the molecule is CCCn1cncc1C(NC1CCCCCC1)C(=O)O. The van der Waals surface area contributed by atoms with Gasteiger partial charge in [-0.3, -0.25) is 10.1 Å². The summed E-state index contributed by atoms with van der Waals surface area (Å²) in [5, 5.41) is 12.9. The van der Waals surface area contributed by atoms with Crippen LogP contribution in [0.3, 0.4) is 0 Å². The van der Waals surface area contributed by atoms with Gasteiger partial charge >= 0.3 is 5.97 Å². The summed E-state index contributed by atoms with van der Waals surface area (Å²) in [6.45, 7) is 2.89. The number of imidazole rings is 1. The molecule has 5 nitrogen and oxygen atoms in total. The molecule has 1 aliphatic carbocycles. The summed E-state index contributed by atoms with van der Waals surface area (Å²) < 4.78 is 1.95. The smallest absolute Gasteiger partial charge is 0.326 e. The normalized spacial score (nSPS) is 18.6. The quantitative estimate of drug-likeness (QED) is 0.786. The predicted octanol–water partition coefficient (Wildman–Crippen LogP) is 2.73. The minimum atomic E-state index is -0.813. The van der Waals surface area contributed by atoms with Gasteiger partial charge < -0.3 is 9.67 Å². The maximum atomic E-state index is 11.6. The molecular formula is C15H25N3O2. The number of rotatable bonds is 6. The molecule has 1 fully saturated rings. The number of carbonyl (C=O) groups is 1. The summed E-state index contributed by atoms with van der Waals surface area (Å²) in [7, 11) is 0. The van der Waals surface area contributed by atoms with Crippen molar-refractivity contribution in [3.63, 3.8) is 0 Å². The highest BCUT2D eigenvalue weighted by atomic mass is 16.4. The molecule has 0 aliphatic heterocycles. The first-order valence-corrected chi connectivity index (χ1v) is 7.71. The van der Waals surface area contributed by atoms with E-state index in [0.717, 1.165) is 31.5 Å². The van der Waals surface area contributed by atoms with E-state index in [4.69, 9.17) is 0 Å². The van der Waals surface area contributed by atoms with Crippen LogP contribution < -0.4 is 5.32 Å². The molecule has 0 radical (unpaired) electrons. The lowest BCUT2D eigenvalue weighted by Crippen LogP contribution is -2.38. The number of carboxylic acid groups (broad SMARTS) is 1. The van der Waals surface area contributed by atoms with Crippen molar-refractivity contribution in [3.05, 3.63) is 18.2 Å². The van der Waals surface area contributed by atoms with Gasteiger partial charge in [0.15, 0.2) is 0 Å². The van der Waals surface area contributed by atoms with Crippen molar-refractivity contribution >= 4 is 5.97 Å². The number of nitrogens with zero attached hydrogens (tertiary/aromatic N) is 2. The maximum Gasteiger partial charge on any atom is 0.326 e. The molecule has 20 heavy (non-hydrogen) atoms. The van der Waals surface area contributed by atoms with Gasteiger partial charge in [0.1, 0.15) is 6.04 Å². The Kier molecular flexibility index (Phi) is 5.59. The summed E-state index contributed by atoms with van der Waals surface area (Å²) >= 11 is 0. The van der Waals surface area contributed by atoms with Crippen LogP contribution in [0.2, 0.25) is 0 Å². The van der Waals surface area contributed by atoms with Crippen molar-refractivity contribution < 1.29 is 9.90 Å². The minimum absolute atomic E-state index is 0.309. The Morgan fingerprint density at radius 2 is 2.15 bits per heavy atom.